The van der Waals surface area contributed by atoms with Gasteiger partial charge in [0.1, 0.15) is 0 Å². The molecule has 0 bridgehead atoms. The van der Waals surface area contributed by atoms with Gasteiger partial charge in [-0.15, -0.1) is 11.3 Å². The topological polar surface area (TPSA) is 41.5 Å². The van der Waals surface area contributed by atoms with E-state index in [1.54, 1.807) is 0 Å². The van der Waals surface area contributed by atoms with Crippen LogP contribution in [0.4, 0.5) is 0 Å². The minimum Gasteiger partial charge on any atom is -0.389 e. The van der Waals surface area contributed by atoms with E-state index in [1.165, 1.54) is 15.3 Å². The average Bonchev–Trinajstić information content (AvgIpc) is 2.74. The van der Waals surface area contributed by atoms with Gasteiger partial charge in [0.25, 0.3) is 0 Å². The summed E-state index contributed by atoms with van der Waals surface area (Å²) in [5, 5.41) is 13.1. The molecule has 0 amide bonds. The summed E-state index contributed by atoms with van der Waals surface area (Å²) >= 11 is 1.82. The predicted octanol–water partition coefficient (Wildman–Crippen LogP) is 1.78. The maximum atomic E-state index is 9.67. The maximum Gasteiger partial charge on any atom is 0.0948 e. The Bertz CT molecular complexity index is 364. The second kappa shape index (κ2) is 4.84. The minimum atomic E-state index is -0.373. The minimum absolute atomic E-state index is 0.0645. The summed E-state index contributed by atoms with van der Waals surface area (Å²) in [5.41, 5.74) is 1.33. The van der Waals surface area contributed by atoms with Crippen molar-refractivity contribution in [1.82, 2.24) is 5.32 Å². The summed E-state index contributed by atoms with van der Waals surface area (Å²) in [4.78, 5) is 2.69. The van der Waals surface area contributed by atoms with E-state index in [0.29, 0.717) is 13.2 Å². The van der Waals surface area contributed by atoms with E-state index in [1.807, 2.05) is 11.3 Å². The van der Waals surface area contributed by atoms with Crippen LogP contribution in [0.15, 0.2) is 6.07 Å². The van der Waals surface area contributed by atoms with Gasteiger partial charge in [0.2, 0.25) is 0 Å². The lowest BCUT2D eigenvalue weighted by Crippen LogP contribution is -2.40. The molecule has 1 aromatic rings. The van der Waals surface area contributed by atoms with Crippen LogP contribution in [-0.4, -0.2) is 30.5 Å². The fourth-order valence-electron chi connectivity index (χ4n) is 2.19. The summed E-state index contributed by atoms with van der Waals surface area (Å²) in [7, 11) is 0. The largest absolute Gasteiger partial charge is 0.389 e. The Hall–Kier alpha value is -0.420. The molecule has 1 fully saturated rings. The molecule has 0 saturated carbocycles. The molecule has 3 nitrogen and oxygen atoms in total. The lowest BCUT2D eigenvalue weighted by Gasteiger charge is -2.20. The fourth-order valence-corrected chi connectivity index (χ4v) is 3.22. The van der Waals surface area contributed by atoms with Crippen LogP contribution >= 0.6 is 11.3 Å². The molecule has 3 unspecified atom stereocenters. The molecule has 1 aromatic heterocycles. The second-order valence-electron chi connectivity index (χ2n) is 4.47. The molecule has 0 aromatic carbocycles. The summed E-state index contributed by atoms with van der Waals surface area (Å²) in [6.07, 6.45) is -0.373. The molecule has 3 atom stereocenters. The van der Waals surface area contributed by atoms with Gasteiger partial charge in [-0.1, -0.05) is 0 Å². The third kappa shape index (κ3) is 2.46. The molecule has 16 heavy (non-hydrogen) atoms. The molecule has 4 heteroatoms. The van der Waals surface area contributed by atoms with E-state index in [2.05, 4.69) is 32.2 Å². The molecule has 1 aliphatic heterocycles. The molecule has 0 radical (unpaired) electrons. The number of rotatable bonds is 3. The standard InChI is InChI=1S/C12H19NO2S/c1-7-4-10(9(3)16-7)8(2)13-11-5-15-6-12(11)14/h4,8,11-14H,5-6H2,1-3H3. The third-order valence-electron chi connectivity index (χ3n) is 3.06. The highest BCUT2D eigenvalue weighted by atomic mass is 32.1. The molecule has 2 rings (SSSR count). The smallest absolute Gasteiger partial charge is 0.0948 e. The van der Waals surface area contributed by atoms with Crippen molar-refractivity contribution in [3.8, 4) is 0 Å². The maximum absolute atomic E-state index is 9.67. The number of ether oxygens (including phenoxy) is 1. The first kappa shape index (κ1) is 12.0. The van der Waals surface area contributed by atoms with Crippen LogP contribution in [0.5, 0.6) is 0 Å². The Morgan fingerprint density at radius 1 is 1.50 bits per heavy atom. The molecule has 2 heterocycles. The van der Waals surface area contributed by atoms with E-state index < -0.39 is 0 Å². The fraction of sp³-hybridized carbons (Fsp3) is 0.667. The lowest BCUT2D eigenvalue weighted by atomic mass is 10.1. The first-order chi connectivity index (χ1) is 7.58. The number of aliphatic hydroxyl groups is 1. The molecule has 0 aliphatic carbocycles. The SMILES string of the molecule is Cc1cc(C(C)NC2COCC2O)c(C)s1. The first-order valence-electron chi connectivity index (χ1n) is 5.66. The Morgan fingerprint density at radius 2 is 2.25 bits per heavy atom. The van der Waals surface area contributed by atoms with Crippen molar-refractivity contribution in [3.63, 3.8) is 0 Å². The Balaban J connectivity index is 2.02. The van der Waals surface area contributed by atoms with E-state index in [0.717, 1.165) is 0 Å². The van der Waals surface area contributed by atoms with Crippen LogP contribution < -0.4 is 5.32 Å². The van der Waals surface area contributed by atoms with Crippen molar-refractivity contribution in [2.45, 2.75) is 39.0 Å². The van der Waals surface area contributed by atoms with Gasteiger partial charge in [-0.3, -0.25) is 0 Å². The zero-order valence-corrected chi connectivity index (χ0v) is 10.8. The van der Waals surface area contributed by atoms with E-state index in [-0.39, 0.29) is 18.2 Å². The quantitative estimate of drug-likeness (QED) is 0.847. The Labute approximate surface area is 100 Å². The molecular formula is C12H19NO2S. The molecular weight excluding hydrogens is 222 g/mol. The van der Waals surface area contributed by atoms with Gasteiger partial charge >= 0.3 is 0 Å². The molecule has 0 spiro atoms. The van der Waals surface area contributed by atoms with Crippen molar-refractivity contribution in [1.29, 1.82) is 0 Å². The van der Waals surface area contributed by atoms with Crippen LogP contribution in [0.3, 0.4) is 0 Å². The van der Waals surface area contributed by atoms with Crippen LogP contribution in [0.25, 0.3) is 0 Å². The third-order valence-corrected chi connectivity index (χ3v) is 4.04. The first-order valence-corrected chi connectivity index (χ1v) is 6.48. The Kier molecular flexibility index (Phi) is 3.64. The van der Waals surface area contributed by atoms with Crippen LogP contribution in [-0.2, 0) is 4.74 Å². The van der Waals surface area contributed by atoms with Gasteiger partial charge in [-0.05, 0) is 32.4 Å². The highest BCUT2D eigenvalue weighted by molar-refractivity contribution is 7.12. The molecule has 2 N–H and O–H groups in total. The number of aliphatic hydroxyl groups excluding tert-OH is 1. The monoisotopic (exact) mass is 241 g/mol. The van der Waals surface area contributed by atoms with Gasteiger partial charge < -0.3 is 15.2 Å². The van der Waals surface area contributed by atoms with Crippen LogP contribution in [0.2, 0.25) is 0 Å². The summed E-state index contributed by atoms with van der Waals surface area (Å²) in [6.45, 7) is 7.47. The molecule has 90 valence electrons. The Morgan fingerprint density at radius 3 is 2.75 bits per heavy atom. The van der Waals surface area contributed by atoms with Gasteiger partial charge in [0.15, 0.2) is 0 Å². The number of hydrogen-bond donors (Lipinski definition) is 2. The summed E-state index contributed by atoms with van der Waals surface area (Å²) < 4.78 is 5.23. The number of hydrogen-bond acceptors (Lipinski definition) is 4. The normalized spacial score (nSPS) is 27.2. The lowest BCUT2D eigenvalue weighted by molar-refractivity contribution is 0.121. The summed E-state index contributed by atoms with van der Waals surface area (Å²) in [6, 6.07) is 2.56. The van der Waals surface area contributed by atoms with E-state index >= 15 is 0 Å². The number of thiophene rings is 1. The van der Waals surface area contributed by atoms with Crippen LogP contribution in [0, 0.1) is 13.8 Å². The summed E-state index contributed by atoms with van der Waals surface area (Å²) in [5.74, 6) is 0. The van der Waals surface area contributed by atoms with Crippen molar-refractivity contribution in [3.05, 3.63) is 21.4 Å². The van der Waals surface area contributed by atoms with Gasteiger partial charge in [-0.25, -0.2) is 0 Å². The van der Waals surface area contributed by atoms with E-state index in [9.17, 15) is 5.11 Å². The average molecular weight is 241 g/mol. The van der Waals surface area contributed by atoms with E-state index in [4.69, 9.17) is 4.74 Å². The van der Waals surface area contributed by atoms with Crippen molar-refractivity contribution in [2.24, 2.45) is 0 Å². The number of aryl methyl sites for hydroxylation is 2. The molecule has 1 saturated heterocycles. The highest BCUT2D eigenvalue weighted by Gasteiger charge is 2.27. The van der Waals surface area contributed by atoms with Crippen molar-refractivity contribution < 1.29 is 9.84 Å². The highest BCUT2D eigenvalue weighted by Crippen LogP contribution is 2.26. The van der Waals surface area contributed by atoms with Crippen molar-refractivity contribution in [2.75, 3.05) is 13.2 Å². The van der Waals surface area contributed by atoms with Gasteiger partial charge in [-0.2, -0.15) is 0 Å². The predicted molar refractivity (Wildman–Crippen MR) is 66.0 cm³/mol. The zero-order chi connectivity index (χ0) is 11.7. The molecule has 1 aliphatic rings. The van der Waals surface area contributed by atoms with Crippen molar-refractivity contribution >= 4 is 11.3 Å². The van der Waals surface area contributed by atoms with Gasteiger partial charge in [0.05, 0.1) is 25.4 Å². The number of nitrogens with one attached hydrogen (secondary N) is 1. The second-order valence-corrected chi connectivity index (χ2v) is 5.93. The van der Waals surface area contributed by atoms with Gasteiger partial charge in [0, 0.05) is 15.8 Å². The van der Waals surface area contributed by atoms with Crippen LogP contribution in [0.1, 0.15) is 28.3 Å². The zero-order valence-electron chi connectivity index (χ0n) is 9.99.